The molecule has 0 saturated carbocycles. The zero-order valence-corrected chi connectivity index (χ0v) is 12.9. The number of fused-ring (bicyclic) bond motifs is 1. The van der Waals surface area contributed by atoms with E-state index >= 15 is 0 Å². The zero-order valence-electron chi connectivity index (χ0n) is 12.9. The Morgan fingerprint density at radius 3 is 2.59 bits per heavy atom. The van der Waals surface area contributed by atoms with Gasteiger partial charge in [-0.2, -0.15) is 0 Å². The van der Waals surface area contributed by atoms with Gasteiger partial charge in [-0.25, -0.2) is 0 Å². The molecular weight excluding hydrogens is 268 g/mol. The molecule has 1 nitrogen and oxygen atoms in total. The lowest BCUT2D eigenvalue weighted by Gasteiger charge is -2.17. The molecule has 0 spiro atoms. The third kappa shape index (κ3) is 2.45. The minimum Gasteiger partial charge on any atom is -0.508 e. The highest BCUT2D eigenvalue weighted by Crippen LogP contribution is 2.42. The molecule has 1 unspecified atom stereocenters. The quantitative estimate of drug-likeness (QED) is 0.802. The number of rotatable bonds is 2. The van der Waals surface area contributed by atoms with Gasteiger partial charge in [0, 0.05) is 0 Å². The lowest BCUT2D eigenvalue weighted by atomic mass is 9.88. The van der Waals surface area contributed by atoms with E-state index in [-0.39, 0.29) is 0 Å². The molecule has 0 saturated heterocycles. The Bertz CT molecular complexity index is 726. The van der Waals surface area contributed by atoms with Gasteiger partial charge in [0.15, 0.2) is 0 Å². The Hall–Kier alpha value is -2.02. The molecule has 2 aliphatic rings. The summed E-state index contributed by atoms with van der Waals surface area (Å²) in [5.74, 6) is 0.861. The fourth-order valence-electron chi connectivity index (χ4n) is 3.96. The van der Waals surface area contributed by atoms with E-state index in [0.29, 0.717) is 11.7 Å². The number of phenolic OH excluding ortho intramolecular Hbond substituents is 1. The van der Waals surface area contributed by atoms with Crippen LogP contribution >= 0.6 is 0 Å². The molecule has 2 aromatic rings. The van der Waals surface area contributed by atoms with Gasteiger partial charge in [-0.3, -0.25) is 0 Å². The van der Waals surface area contributed by atoms with Crippen molar-refractivity contribution in [3.05, 3.63) is 70.8 Å². The number of aryl methyl sites for hydroxylation is 2. The molecular formula is C21H22O. The van der Waals surface area contributed by atoms with Crippen LogP contribution in [-0.2, 0) is 12.8 Å². The number of para-hydroxylation sites is 1. The van der Waals surface area contributed by atoms with Gasteiger partial charge < -0.3 is 5.11 Å². The highest BCUT2D eigenvalue weighted by molar-refractivity contribution is 5.70. The predicted molar refractivity (Wildman–Crippen MR) is 91.1 cm³/mol. The Labute approximate surface area is 132 Å². The maximum absolute atomic E-state index is 10.1. The molecule has 1 N–H and O–H groups in total. The fraction of sp³-hybridized carbons (Fsp3) is 0.333. The van der Waals surface area contributed by atoms with Crippen LogP contribution in [0.25, 0.3) is 5.57 Å². The Morgan fingerprint density at radius 1 is 0.909 bits per heavy atom. The van der Waals surface area contributed by atoms with Crippen molar-refractivity contribution in [3.63, 3.8) is 0 Å². The Kier molecular flexibility index (Phi) is 3.49. The number of hydrogen-bond acceptors (Lipinski definition) is 1. The van der Waals surface area contributed by atoms with Gasteiger partial charge in [0.05, 0.1) is 0 Å². The molecule has 1 heteroatoms. The average molecular weight is 290 g/mol. The summed E-state index contributed by atoms with van der Waals surface area (Å²) in [5, 5.41) is 10.1. The normalized spacial score (nSPS) is 20.5. The molecule has 0 aromatic heterocycles. The molecule has 4 rings (SSSR count). The first-order valence-electron chi connectivity index (χ1n) is 8.40. The van der Waals surface area contributed by atoms with Crippen LogP contribution in [0.1, 0.15) is 53.9 Å². The number of hydrogen-bond donors (Lipinski definition) is 1. The van der Waals surface area contributed by atoms with Gasteiger partial charge in [-0.15, -0.1) is 0 Å². The summed E-state index contributed by atoms with van der Waals surface area (Å²) in [7, 11) is 0. The van der Waals surface area contributed by atoms with Crippen molar-refractivity contribution in [1.29, 1.82) is 0 Å². The molecule has 0 heterocycles. The predicted octanol–water partition coefficient (Wildman–Crippen LogP) is 5.23. The first-order valence-corrected chi connectivity index (χ1v) is 8.40. The van der Waals surface area contributed by atoms with Crippen molar-refractivity contribution in [3.8, 4) is 5.75 Å². The van der Waals surface area contributed by atoms with E-state index in [1.165, 1.54) is 36.8 Å². The van der Waals surface area contributed by atoms with Crippen molar-refractivity contribution >= 4 is 5.57 Å². The molecule has 0 fully saturated rings. The SMILES string of the molecule is Oc1ccccc1C1CC=C(c2ccc3c(c2)CCCC3)C1. The Balaban J connectivity index is 1.57. The number of allylic oxidation sites excluding steroid dienone is 2. The highest BCUT2D eigenvalue weighted by atomic mass is 16.3. The third-order valence-corrected chi connectivity index (χ3v) is 5.21. The average Bonchev–Trinajstić information content (AvgIpc) is 3.04. The largest absolute Gasteiger partial charge is 0.508 e. The first-order chi connectivity index (χ1) is 10.8. The summed E-state index contributed by atoms with van der Waals surface area (Å²) in [6.07, 6.45) is 9.58. The van der Waals surface area contributed by atoms with Crippen molar-refractivity contribution < 1.29 is 5.11 Å². The second-order valence-electron chi connectivity index (χ2n) is 6.62. The summed E-state index contributed by atoms with van der Waals surface area (Å²) in [4.78, 5) is 0. The van der Waals surface area contributed by atoms with Crippen molar-refractivity contribution in [1.82, 2.24) is 0 Å². The smallest absolute Gasteiger partial charge is 0.119 e. The van der Waals surface area contributed by atoms with Crippen LogP contribution in [0.4, 0.5) is 0 Å². The first kappa shape index (κ1) is 13.6. The van der Waals surface area contributed by atoms with Gasteiger partial charge in [0.1, 0.15) is 5.75 Å². The van der Waals surface area contributed by atoms with Crippen LogP contribution in [0.15, 0.2) is 48.5 Å². The van der Waals surface area contributed by atoms with Crippen molar-refractivity contribution in [2.24, 2.45) is 0 Å². The van der Waals surface area contributed by atoms with Gasteiger partial charge in [0.25, 0.3) is 0 Å². The molecule has 0 bridgehead atoms. The van der Waals surface area contributed by atoms with Crippen LogP contribution < -0.4 is 0 Å². The maximum atomic E-state index is 10.1. The zero-order chi connectivity index (χ0) is 14.9. The lowest BCUT2D eigenvalue weighted by Crippen LogP contribution is -2.03. The second-order valence-corrected chi connectivity index (χ2v) is 6.62. The summed E-state index contributed by atoms with van der Waals surface area (Å²) >= 11 is 0. The third-order valence-electron chi connectivity index (χ3n) is 5.21. The monoisotopic (exact) mass is 290 g/mol. The number of phenols is 1. The van der Waals surface area contributed by atoms with Crippen LogP contribution in [0, 0.1) is 0 Å². The summed E-state index contributed by atoms with van der Waals surface area (Å²) in [6.45, 7) is 0. The summed E-state index contributed by atoms with van der Waals surface area (Å²) in [5.41, 5.74) is 7.02. The van der Waals surface area contributed by atoms with Gasteiger partial charge in [0.2, 0.25) is 0 Å². The van der Waals surface area contributed by atoms with Crippen LogP contribution in [0.5, 0.6) is 5.75 Å². The molecule has 2 aliphatic carbocycles. The van der Waals surface area contributed by atoms with Crippen LogP contribution in [0.2, 0.25) is 0 Å². The molecule has 2 aromatic carbocycles. The maximum Gasteiger partial charge on any atom is 0.119 e. The standard InChI is InChI=1S/C21H22O/c22-21-8-4-3-7-20(21)19-12-11-18(14-19)17-10-9-15-5-1-2-6-16(15)13-17/h3-4,7-11,13,19,22H,1-2,5-6,12,14H2. The molecule has 1 atom stereocenters. The number of aromatic hydroxyl groups is 1. The minimum atomic E-state index is 0.423. The van der Waals surface area contributed by atoms with E-state index in [1.54, 1.807) is 17.2 Å². The fourth-order valence-corrected chi connectivity index (χ4v) is 3.96. The summed E-state index contributed by atoms with van der Waals surface area (Å²) in [6, 6.07) is 14.8. The van der Waals surface area contributed by atoms with E-state index in [4.69, 9.17) is 0 Å². The van der Waals surface area contributed by atoms with Crippen LogP contribution in [-0.4, -0.2) is 5.11 Å². The topological polar surface area (TPSA) is 20.2 Å². The van der Waals surface area contributed by atoms with E-state index in [2.05, 4.69) is 30.3 Å². The molecule has 0 radical (unpaired) electrons. The van der Waals surface area contributed by atoms with E-state index < -0.39 is 0 Å². The van der Waals surface area contributed by atoms with Gasteiger partial charge in [-0.1, -0.05) is 42.5 Å². The summed E-state index contributed by atoms with van der Waals surface area (Å²) < 4.78 is 0. The number of benzene rings is 2. The van der Waals surface area contributed by atoms with E-state index in [9.17, 15) is 5.11 Å². The lowest BCUT2D eigenvalue weighted by molar-refractivity contribution is 0.462. The highest BCUT2D eigenvalue weighted by Gasteiger charge is 2.22. The Morgan fingerprint density at radius 2 is 1.73 bits per heavy atom. The van der Waals surface area contributed by atoms with Crippen molar-refractivity contribution in [2.75, 3.05) is 0 Å². The minimum absolute atomic E-state index is 0.423. The van der Waals surface area contributed by atoms with Crippen LogP contribution in [0.3, 0.4) is 0 Å². The molecule has 22 heavy (non-hydrogen) atoms. The van der Waals surface area contributed by atoms with Gasteiger partial charge in [-0.05, 0) is 78.3 Å². The molecule has 0 aliphatic heterocycles. The van der Waals surface area contributed by atoms with E-state index in [1.807, 2.05) is 12.1 Å². The van der Waals surface area contributed by atoms with Crippen molar-refractivity contribution in [2.45, 2.75) is 44.4 Å². The molecule has 0 amide bonds. The second kappa shape index (κ2) is 5.64. The molecule has 112 valence electrons. The van der Waals surface area contributed by atoms with Gasteiger partial charge >= 0.3 is 0 Å². The van der Waals surface area contributed by atoms with E-state index in [0.717, 1.165) is 18.4 Å².